The summed E-state index contributed by atoms with van der Waals surface area (Å²) in [6, 6.07) is 0. The van der Waals surface area contributed by atoms with Gasteiger partial charge in [-0.25, -0.2) is 0 Å². The number of nitrogens with two attached hydrogens (primary N) is 1. The maximum atomic E-state index is 5.71. The van der Waals surface area contributed by atoms with Crippen molar-refractivity contribution in [2.45, 2.75) is 45.4 Å². The van der Waals surface area contributed by atoms with Crippen molar-refractivity contribution < 1.29 is 0 Å². The molecule has 0 aromatic heterocycles. The van der Waals surface area contributed by atoms with E-state index < -0.39 is 0 Å². The molecule has 0 saturated carbocycles. The normalized spacial score (nSPS) is 11.1. The van der Waals surface area contributed by atoms with Crippen LogP contribution in [-0.4, -0.2) is 31.1 Å². The van der Waals surface area contributed by atoms with Crippen LogP contribution in [0, 0.1) is 0 Å². The third kappa shape index (κ3) is 16.4. The third-order valence-electron chi connectivity index (χ3n) is 2.41. The quantitative estimate of drug-likeness (QED) is 0.268. The zero-order chi connectivity index (χ0) is 12.1. The Morgan fingerprint density at radius 2 is 1.82 bits per heavy atom. The van der Waals surface area contributed by atoms with Crippen molar-refractivity contribution in [1.82, 2.24) is 5.32 Å². The molecule has 0 spiro atoms. The van der Waals surface area contributed by atoms with E-state index in [1.165, 1.54) is 32.1 Å². The molecule has 0 aliphatic heterocycles. The minimum Gasteiger partial charge on any atom is -0.370 e. The number of halogens is 1. The second kappa shape index (κ2) is 16.4. The molecule has 0 rings (SSSR count). The van der Waals surface area contributed by atoms with Crippen molar-refractivity contribution in [3.05, 3.63) is 0 Å². The Kier molecular flexibility index (Phi) is 18.9. The molecule has 0 aromatic carbocycles. The fraction of sp³-hybridized carbons (Fsp3) is 0.917. The highest BCUT2D eigenvalue weighted by Crippen LogP contribution is 2.04. The Bertz CT molecular complexity index is 177. The third-order valence-corrected chi connectivity index (χ3v) is 3.02. The molecule has 0 aliphatic rings. The molecule has 0 aliphatic carbocycles. The number of thioether (sulfide) groups is 1. The van der Waals surface area contributed by atoms with Crippen LogP contribution < -0.4 is 11.1 Å². The maximum absolute atomic E-state index is 5.71. The second-order valence-electron chi connectivity index (χ2n) is 3.95. The Hall–Kier alpha value is 0.350. The first-order valence-corrected chi connectivity index (χ1v) is 7.73. The fourth-order valence-corrected chi connectivity index (χ4v) is 1.73. The van der Waals surface area contributed by atoms with Crippen molar-refractivity contribution in [2.24, 2.45) is 10.7 Å². The van der Waals surface area contributed by atoms with E-state index in [9.17, 15) is 0 Å². The van der Waals surface area contributed by atoms with Gasteiger partial charge in [-0.15, -0.1) is 24.0 Å². The molecule has 104 valence electrons. The van der Waals surface area contributed by atoms with E-state index in [0.29, 0.717) is 5.96 Å². The number of rotatable bonds is 10. The summed E-state index contributed by atoms with van der Waals surface area (Å²) in [7, 11) is 0. The average molecular weight is 373 g/mol. The topological polar surface area (TPSA) is 50.4 Å². The van der Waals surface area contributed by atoms with Crippen LogP contribution >= 0.6 is 35.7 Å². The van der Waals surface area contributed by atoms with Gasteiger partial charge in [0.05, 0.1) is 0 Å². The zero-order valence-electron chi connectivity index (χ0n) is 11.2. The molecule has 0 atom stereocenters. The van der Waals surface area contributed by atoms with Crippen LogP contribution in [-0.2, 0) is 0 Å². The van der Waals surface area contributed by atoms with Gasteiger partial charge in [-0.05, 0) is 12.7 Å². The Morgan fingerprint density at radius 3 is 2.47 bits per heavy atom. The number of hydrogen-bond acceptors (Lipinski definition) is 2. The predicted octanol–water partition coefficient (Wildman–Crippen LogP) is 3.23. The minimum absolute atomic E-state index is 0. The van der Waals surface area contributed by atoms with Crippen LogP contribution in [0.15, 0.2) is 4.99 Å². The number of unbranched alkanes of at least 4 members (excludes halogenated alkanes) is 5. The highest BCUT2D eigenvalue weighted by molar-refractivity contribution is 14.0. The second-order valence-corrected chi connectivity index (χ2v) is 4.94. The first-order chi connectivity index (χ1) is 7.81. The van der Waals surface area contributed by atoms with E-state index in [1.54, 1.807) is 0 Å². The van der Waals surface area contributed by atoms with E-state index in [4.69, 9.17) is 5.73 Å². The van der Waals surface area contributed by atoms with Crippen molar-refractivity contribution in [2.75, 3.05) is 25.1 Å². The van der Waals surface area contributed by atoms with E-state index >= 15 is 0 Å². The van der Waals surface area contributed by atoms with Crippen LogP contribution in [0.2, 0.25) is 0 Å². The summed E-state index contributed by atoms with van der Waals surface area (Å²) in [6.07, 6.45) is 9.90. The summed E-state index contributed by atoms with van der Waals surface area (Å²) in [6.45, 7) is 4.02. The zero-order valence-corrected chi connectivity index (χ0v) is 14.4. The molecule has 0 heterocycles. The fourth-order valence-electron chi connectivity index (χ4n) is 1.43. The Balaban J connectivity index is 0. The molecule has 0 bridgehead atoms. The van der Waals surface area contributed by atoms with Crippen molar-refractivity contribution in [1.29, 1.82) is 0 Å². The van der Waals surface area contributed by atoms with Gasteiger partial charge in [0, 0.05) is 18.8 Å². The summed E-state index contributed by atoms with van der Waals surface area (Å²) in [4.78, 5) is 4.29. The van der Waals surface area contributed by atoms with E-state index in [2.05, 4.69) is 23.5 Å². The molecule has 5 heteroatoms. The van der Waals surface area contributed by atoms with Gasteiger partial charge in [0.15, 0.2) is 5.96 Å². The monoisotopic (exact) mass is 373 g/mol. The summed E-state index contributed by atoms with van der Waals surface area (Å²) in [5.74, 6) is 1.68. The average Bonchev–Trinajstić information content (AvgIpc) is 2.28. The lowest BCUT2D eigenvalue weighted by molar-refractivity contribution is 0.612. The van der Waals surface area contributed by atoms with Gasteiger partial charge in [-0.2, -0.15) is 11.8 Å². The van der Waals surface area contributed by atoms with Crippen LogP contribution in [0.5, 0.6) is 0 Å². The van der Waals surface area contributed by atoms with Gasteiger partial charge in [0.2, 0.25) is 0 Å². The number of guanidine groups is 1. The van der Waals surface area contributed by atoms with Crippen LogP contribution in [0.25, 0.3) is 0 Å². The molecular weight excluding hydrogens is 345 g/mol. The number of nitrogens with zero attached hydrogens (tertiary/aromatic N) is 1. The largest absolute Gasteiger partial charge is 0.370 e. The lowest BCUT2D eigenvalue weighted by atomic mass is 10.1. The Labute approximate surface area is 128 Å². The molecule has 0 fully saturated rings. The first kappa shape index (κ1) is 19.7. The summed E-state index contributed by atoms with van der Waals surface area (Å²) >= 11 is 1.81. The molecule has 0 amide bonds. The summed E-state index contributed by atoms with van der Waals surface area (Å²) < 4.78 is 0. The van der Waals surface area contributed by atoms with Gasteiger partial charge in [-0.1, -0.05) is 39.0 Å². The molecular formula is C12H28IN3S. The Morgan fingerprint density at radius 1 is 1.18 bits per heavy atom. The van der Waals surface area contributed by atoms with Crippen molar-refractivity contribution in [3.63, 3.8) is 0 Å². The minimum atomic E-state index is 0. The first-order valence-electron chi connectivity index (χ1n) is 6.34. The SMILES string of the molecule is CCCCCCCCN=C(N)NCCSC.I. The number of hydrogen-bond donors (Lipinski definition) is 2. The molecule has 0 unspecified atom stereocenters. The van der Waals surface area contributed by atoms with Crippen LogP contribution in [0.1, 0.15) is 45.4 Å². The van der Waals surface area contributed by atoms with Gasteiger partial charge in [0.25, 0.3) is 0 Å². The molecule has 3 nitrogen and oxygen atoms in total. The summed E-state index contributed by atoms with van der Waals surface area (Å²) in [5.41, 5.74) is 5.71. The predicted molar refractivity (Wildman–Crippen MR) is 91.7 cm³/mol. The van der Waals surface area contributed by atoms with E-state index in [1.807, 2.05) is 11.8 Å². The molecule has 0 saturated heterocycles. The van der Waals surface area contributed by atoms with Crippen LogP contribution in [0.4, 0.5) is 0 Å². The molecule has 0 radical (unpaired) electrons. The number of aliphatic imine (C=N–C) groups is 1. The van der Waals surface area contributed by atoms with Gasteiger partial charge >= 0.3 is 0 Å². The maximum Gasteiger partial charge on any atom is 0.188 e. The van der Waals surface area contributed by atoms with Gasteiger partial charge < -0.3 is 11.1 Å². The van der Waals surface area contributed by atoms with Crippen molar-refractivity contribution >= 4 is 41.7 Å². The highest BCUT2D eigenvalue weighted by atomic mass is 127. The van der Waals surface area contributed by atoms with Crippen molar-refractivity contribution in [3.8, 4) is 0 Å². The van der Waals surface area contributed by atoms with Gasteiger partial charge in [0.1, 0.15) is 0 Å². The highest BCUT2D eigenvalue weighted by Gasteiger charge is 1.91. The smallest absolute Gasteiger partial charge is 0.188 e. The summed E-state index contributed by atoms with van der Waals surface area (Å²) in [5, 5.41) is 3.10. The van der Waals surface area contributed by atoms with E-state index in [-0.39, 0.29) is 24.0 Å². The lowest BCUT2D eigenvalue weighted by Gasteiger charge is -2.04. The van der Waals surface area contributed by atoms with Crippen LogP contribution in [0.3, 0.4) is 0 Å². The van der Waals surface area contributed by atoms with Gasteiger partial charge in [-0.3, -0.25) is 4.99 Å². The standard InChI is InChI=1S/C12H27N3S.HI/c1-3-4-5-6-7-8-9-14-12(13)15-10-11-16-2;/h3-11H2,1-2H3,(H3,13,14,15);1H. The number of nitrogens with one attached hydrogen (secondary N) is 1. The molecule has 3 N–H and O–H groups in total. The molecule has 17 heavy (non-hydrogen) atoms. The molecule has 0 aromatic rings. The lowest BCUT2D eigenvalue weighted by Crippen LogP contribution is -2.33. The van der Waals surface area contributed by atoms with E-state index in [0.717, 1.165) is 25.3 Å².